The fourth-order valence-electron chi connectivity index (χ4n) is 2.58. The molecular weight excluding hydrogens is 319 g/mol. The van der Waals surface area contributed by atoms with Crippen LogP contribution in [0.3, 0.4) is 0 Å². The van der Waals surface area contributed by atoms with Crippen LogP contribution in [0.15, 0.2) is 12.1 Å². The number of rotatable bonds is 6. The standard InChI is InChI=1S/C13H20N2O5S.Na/c1-19-12-9-11-10(8-13(12)20-14)4-2-5-15(11)6-3-7-21(16,17)18;/h8-9H,2-7,14H2,1H3,(H,16,17,18);/q;+1/p-1. The van der Waals surface area contributed by atoms with E-state index in [0.29, 0.717) is 24.5 Å². The first-order chi connectivity index (χ1) is 9.94. The molecule has 1 aromatic carbocycles. The Kier molecular flexibility index (Phi) is 7.43. The number of anilines is 1. The molecule has 1 aliphatic rings. The first-order valence-corrected chi connectivity index (χ1v) is 8.28. The summed E-state index contributed by atoms with van der Waals surface area (Å²) in [5.41, 5.74) is 2.05. The van der Waals surface area contributed by atoms with Gasteiger partial charge in [0.2, 0.25) is 0 Å². The molecule has 0 aliphatic carbocycles. The van der Waals surface area contributed by atoms with E-state index in [1.165, 1.54) is 7.11 Å². The van der Waals surface area contributed by atoms with Crippen molar-refractivity contribution < 1.29 is 52.1 Å². The molecule has 0 atom stereocenters. The van der Waals surface area contributed by atoms with E-state index in [-0.39, 0.29) is 35.3 Å². The Morgan fingerprint density at radius 1 is 1.36 bits per heavy atom. The number of methoxy groups -OCH3 is 1. The van der Waals surface area contributed by atoms with Crippen LogP contribution < -0.4 is 49.9 Å². The van der Waals surface area contributed by atoms with Gasteiger partial charge in [-0.25, -0.2) is 8.42 Å². The molecule has 0 saturated heterocycles. The van der Waals surface area contributed by atoms with Gasteiger partial charge in [-0.15, -0.1) is 0 Å². The third-order valence-corrected chi connectivity index (χ3v) is 4.32. The Balaban J connectivity index is 0.00000242. The zero-order valence-corrected chi connectivity index (χ0v) is 15.7. The van der Waals surface area contributed by atoms with E-state index in [2.05, 4.69) is 4.90 Å². The molecule has 1 aromatic rings. The maximum Gasteiger partial charge on any atom is 1.00 e. The molecule has 2 N–H and O–H groups in total. The predicted octanol–water partition coefficient (Wildman–Crippen LogP) is -2.36. The number of fused-ring (bicyclic) bond motifs is 1. The van der Waals surface area contributed by atoms with E-state index in [4.69, 9.17) is 15.5 Å². The maximum atomic E-state index is 10.7. The van der Waals surface area contributed by atoms with Crippen LogP contribution in [0.4, 0.5) is 5.69 Å². The molecule has 0 aromatic heterocycles. The van der Waals surface area contributed by atoms with Crippen molar-refractivity contribution in [3.8, 4) is 11.5 Å². The van der Waals surface area contributed by atoms with Gasteiger partial charge < -0.3 is 19.0 Å². The predicted molar refractivity (Wildman–Crippen MR) is 77.5 cm³/mol. The normalized spacial score (nSPS) is 14.0. The molecular formula is C13H19N2NaO5S. The van der Waals surface area contributed by atoms with Crippen LogP contribution in [-0.4, -0.2) is 38.9 Å². The van der Waals surface area contributed by atoms with E-state index in [0.717, 1.165) is 30.6 Å². The summed E-state index contributed by atoms with van der Waals surface area (Å²) in [4.78, 5) is 6.86. The van der Waals surface area contributed by atoms with E-state index in [1.807, 2.05) is 12.1 Å². The molecule has 0 spiro atoms. The second kappa shape index (κ2) is 8.37. The van der Waals surface area contributed by atoms with Crippen molar-refractivity contribution in [2.45, 2.75) is 19.3 Å². The summed E-state index contributed by atoms with van der Waals surface area (Å²) < 4.78 is 37.3. The quantitative estimate of drug-likeness (QED) is 0.351. The van der Waals surface area contributed by atoms with Crippen molar-refractivity contribution in [2.24, 2.45) is 5.90 Å². The molecule has 7 nitrogen and oxygen atoms in total. The fraction of sp³-hybridized carbons (Fsp3) is 0.538. The minimum Gasteiger partial charge on any atom is -0.748 e. The van der Waals surface area contributed by atoms with Gasteiger partial charge in [0.1, 0.15) is 0 Å². The van der Waals surface area contributed by atoms with Gasteiger partial charge >= 0.3 is 29.6 Å². The average Bonchev–Trinajstić information content (AvgIpc) is 2.44. The first kappa shape index (κ1) is 19.5. The van der Waals surface area contributed by atoms with Crippen LogP contribution in [0.1, 0.15) is 18.4 Å². The number of nitrogens with two attached hydrogens (primary N) is 1. The van der Waals surface area contributed by atoms with E-state index in [1.54, 1.807) is 0 Å². The van der Waals surface area contributed by atoms with Crippen LogP contribution in [-0.2, 0) is 16.5 Å². The van der Waals surface area contributed by atoms with Crippen molar-refractivity contribution >= 4 is 15.8 Å². The molecule has 2 rings (SSSR count). The molecule has 0 fully saturated rings. The summed E-state index contributed by atoms with van der Waals surface area (Å²) in [5, 5.41) is 0. The number of hydrogen-bond donors (Lipinski definition) is 1. The van der Waals surface area contributed by atoms with Crippen LogP contribution in [0.5, 0.6) is 11.5 Å². The van der Waals surface area contributed by atoms with E-state index >= 15 is 0 Å². The molecule has 118 valence electrons. The smallest absolute Gasteiger partial charge is 0.748 e. The molecule has 1 aliphatic heterocycles. The Bertz CT molecular complexity index is 609. The molecule has 22 heavy (non-hydrogen) atoms. The van der Waals surface area contributed by atoms with Gasteiger partial charge in [-0.05, 0) is 30.9 Å². The van der Waals surface area contributed by atoms with Gasteiger partial charge in [-0.3, -0.25) is 0 Å². The average molecular weight is 338 g/mol. The molecule has 0 unspecified atom stereocenters. The Labute approximate surface area is 152 Å². The minimum absolute atomic E-state index is 0. The van der Waals surface area contributed by atoms with Crippen LogP contribution in [0.25, 0.3) is 0 Å². The number of aryl methyl sites for hydroxylation is 1. The summed E-state index contributed by atoms with van der Waals surface area (Å²) in [6, 6.07) is 3.67. The largest absolute Gasteiger partial charge is 1.00 e. The number of hydrogen-bond acceptors (Lipinski definition) is 7. The van der Waals surface area contributed by atoms with Gasteiger partial charge in [-0.1, -0.05) is 0 Å². The molecule has 0 amide bonds. The van der Waals surface area contributed by atoms with Crippen molar-refractivity contribution in [1.29, 1.82) is 0 Å². The number of ether oxygens (including phenoxy) is 1. The Morgan fingerprint density at radius 2 is 2.09 bits per heavy atom. The molecule has 0 radical (unpaired) electrons. The monoisotopic (exact) mass is 338 g/mol. The summed E-state index contributed by atoms with van der Waals surface area (Å²) >= 11 is 0. The Hall–Kier alpha value is -0.510. The van der Waals surface area contributed by atoms with Crippen molar-refractivity contribution in [3.63, 3.8) is 0 Å². The third-order valence-electron chi connectivity index (χ3n) is 3.53. The van der Waals surface area contributed by atoms with Crippen molar-refractivity contribution in [1.82, 2.24) is 0 Å². The van der Waals surface area contributed by atoms with Gasteiger partial charge in [0.05, 0.1) is 17.2 Å². The van der Waals surface area contributed by atoms with Crippen LogP contribution in [0.2, 0.25) is 0 Å². The number of nitrogens with zero attached hydrogens (tertiary/aromatic N) is 1. The molecule has 1 heterocycles. The molecule has 0 bridgehead atoms. The second-order valence-electron chi connectivity index (χ2n) is 4.96. The third kappa shape index (κ3) is 5.00. The van der Waals surface area contributed by atoms with E-state index < -0.39 is 10.1 Å². The Morgan fingerprint density at radius 3 is 2.68 bits per heavy atom. The molecule has 0 saturated carbocycles. The summed E-state index contributed by atoms with van der Waals surface area (Å²) in [7, 11) is -2.63. The molecule has 9 heteroatoms. The van der Waals surface area contributed by atoms with Crippen LogP contribution >= 0.6 is 0 Å². The summed E-state index contributed by atoms with van der Waals surface area (Å²) in [5.74, 6) is 5.88. The van der Waals surface area contributed by atoms with Crippen molar-refractivity contribution in [2.75, 3.05) is 30.9 Å². The van der Waals surface area contributed by atoms with Gasteiger partial charge in [0, 0.05) is 30.6 Å². The second-order valence-corrected chi connectivity index (χ2v) is 6.48. The fourth-order valence-corrected chi connectivity index (χ4v) is 3.07. The minimum atomic E-state index is -4.16. The summed E-state index contributed by atoms with van der Waals surface area (Å²) in [6.45, 7) is 1.33. The SMILES string of the molecule is COc1cc2c(cc1ON)CCCN2CCCS(=O)(=O)[O-].[Na+]. The first-order valence-electron chi connectivity index (χ1n) is 6.71. The van der Waals surface area contributed by atoms with Crippen molar-refractivity contribution in [3.05, 3.63) is 17.7 Å². The van der Waals surface area contributed by atoms with Gasteiger partial charge in [0.15, 0.2) is 11.5 Å². The van der Waals surface area contributed by atoms with Crippen LogP contribution in [0, 0.1) is 0 Å². The maximum absolute atomic E-state index is 10.7. The zero-order chi connectivity index (χ0) is 15.5. The zero-order valence-electron chi connectivity index (χ0n) is 12.9. The number of benzene rings is 1. The van der Waals surface area contributed by atoms with Gasteiger partial charge in [0.25, 0.3) is 0 Å². The van der Waals surface area contributed by atoms with E-state index in [9.17, 15) is 13.0 Å². The topological polar surface area (TPSA) is 105 Å². The summed E-state index contributed by atoms with van der Waals surface area (Å²) in [6.07, 6.45) is 2.15. The van der Waals surface area contributed by atoms with Gasteiger partial charge in [-0.2, -0.15) is 5.90 Å².